The molecule has 4 saturated heterocycles. The Morgan fingerprint density at radius 1 is 1.00 bits per heavy atom. The first-order valence-electron chi connectivity index (χ1n) is 23.6. The van der Waals surface area contributed by atoms with Gasteiger partial charge in [0, 0.05) is 49.0 Å². The number of carbonyl (C=O) groups is 2. The van der Waals surface area contributed by atoms with Gasteiger partial charge in [-0.2, -0.15) is 0 Å². The maximum absolute atomic E-state index is 14.7. The molecule has 4 N–H and O–H groups in total. The number of carboxylic acid groups (broad SMARTS) is 1. The van der Waals surface area contributed by atoms with Crippen LogP contribution >= 0.6 is 0 Å². The Morgan fingerprint density at radius 3 is 2.30 bits per heavy atom. The van der Waals surface area contributed by atoms with Gasteiger partial charge in [0.05, 0.1) is 59.8 Å². The Hall–Kier alpha value is -2.29. The van der Waals surface area contributed by atoms with Crippen LogP contribution in [0.4, 0.5) is 0 Å². The first-order chi connectivity index (χ1) is 28.7. The number of carbonyl (C=O) groups excluding carboxylic acids is 1. The zero-order valence-electron chi connectivity index (χ0n) is 39.1. The molecule has 1 aromatic heterocycles. The molecule has 0 bridgehead atoms. The molecule has 5 rings (SSSR count). The highest BCUT2D eigenvalue weighted by Gasteiger charge is 2.61. The Labute approximate surface area is 366 Å². The van der Waals surface area contributed by atoms with Gasteiger partial charge in [0.1, 0.15) is 5.78 Å². The molecule has 4 aliphatic heterocycles. The van der Waals surface area contributed by atoms with E-state index in [-0.39, 0.29) is 47.9 Å². The first kappa shape index (κ1) is 49.7. The number of ketones is 1. The third kappa shape index (κ3) is 10.3. The van der Waals surface area contributed by atoms with Crippen molar-refractivity contribution in [2.75, 3.05) is 0 Å². The largest absolute Gasteiger partial charge is 0.481 e. The van der Waals surface area contributed by atoms with Gasteiger partial charge in [-0.1, -0.05) is 68.0 Å². The van der Waals surface area contributed by atoms with Crippen LogP contribution in [0.1, 0.15) is 146 Å². The summed E-state index contributed by atoms with van der Waals surface area (Å²) in [5, 5.41) is 36.7. The Kier molecular flexibility index (Phi) is 16.5. The van der Waals surface area contributed by atoms with E-state index in [0.29, 0.717) is 64.3 Å². The SMILES string of the molecule is C=C[C@@]1(O[C@]2([C@@H](C)NCc3cccnc3)CC[C@@](C)([C@H]3CC[C@](O)(CC)[C@H](C)O3)O2)O[C@H]([C@@H](CC)C(=O)[C@@H](C)[C@@H](O)[C@H](C)[C@@H]2O[C@@H]([C@@H](CC)C(=O)O)CC[C@@H]2C)[C@@H](C)C[C@H]1C. The zero-order chi connectivity index (χ0) is 45.1. The number of pyridine rings is 1. The van der Waals surface area contributed by atoms with Crippen molar-refractivity contribution >= 4 is 11.8 Å². The van der Waals surface area contributed by atoms with Crippen molar-refractivity contribution in [3.8, 4) is 0 Å². The molecule has 0 saturated carbocycles. The van der Waals surface area contributed by atoms with Gasteiger partial charge in [0.25, 0.3) is 0 Å². The van der Waals surface area contributed by atoms with Crippen LogP contribution in [0.25, 0.3) is 0 Å². The number of hydrogen-bond acceptors (Lipinski definition) is 11. The molecule has 0 amide bonds. The second-order valence-corrected chi connectivity index (χ2v) is 19.8. The molecule has 12 nitrogen and oxygen atoms in total. The van der Waals surface area contributed by atoms with Gasteiger partial charge >= 0.3 is 5.97 Å². The third-order valence-electron chi connectivity index (χ3n) is 15.8. The van der Waals surface area contributed by atoms with Crippen LogP contribution in [0.3, 0.4) is 0 Å². The van der Waals surface area contributed by atoms with E-state index in [1.807, 2.05) is 52.9 Å². The number of nitrogens with zero attached hydrogens (tertiary/aromatic N) is 1. The fourth-order valence-electron chi connectivity index (χ4n) is 11.2. The van der Waals surface area contributed by atoms with Crippen molar-refractivity contribution in [1.29, 1.82) is 0 Å². The predicted octanol–water partition coefficient (Wildman–Crippen LogP) is 8.02. The summed E-state index contributed by atoms with van der Waals surface area (Å²) in [7, 11) is 0. The number of aromatic nitrogens is 1. The number of carboxylic acids is 1. The quantitative estimate of drug-likeness (QED) is 0.0992. The standard InChI is InChI=1S/C49H80N2O10/c1-13-37(45(54)55)39-20-19-29(5)43(58-39)33(9)41(52)32(8)42(53)38(14-2)44-30(6)26-31(7)48(16-4,59-44)61-49(34(10)51-28-36-18-17-25-50-27-36)24-23-46(12,60-49)40-21-22-47(56,15-3)35(11)57-40/h16-18,25,27,29-35,37-41,43-44,51-52,56H,4,13-15,19-24,26,28H2,1-3,5-12H3,(H,54,55)/t29-,30-,31+,32-,33-,34+,35-,37+,38-,39+,40+,41+,43+,44-,46-,47+,48-,49-/m0/s1. The molecule has 18 atom stereocenters. The van der Waals surface area contributed by atoms with Crippen LogP contribution in [0.2, 0.25) is 0 Å². The second kappa shape index (κ2) is 20.3. The van der Waals surface area contributed by atoms with Crippen molar-refractivity contribution in [3.63, 3.8) is 0 Å². The molecule has 0 spiro atoms. The van der Waals surface area contributed by atoms with E-state index in [9.17, 15) is 24.9 Å². The molecule has 0 unspecified atom stereocenters. The topological polar surface area (TPSA) is 166 Å². The number of nitrogens with one attached hydrogen (secondary N) is 1. The number of rotatable bonds is 19. The number of aliphatic hydroxyl groups is 2. The molecule has 346 valence electrons. The molecule has 61 heavy (non-hydrogen) atoms. The van der Waals surface area contributed by atoms with Gasteiger partial charge in [0.15, 0.2) is 11.6 Å². The third-order valence-corrected chi connectivity index (χ3v) is 15.8. The van der Waals surface area contributed by atoms with Gasteiger partial charge < -0.3 is 44.3 Å². The average Bonchev–Trinajstić information content (AvgIpc) is 3.60. The number of aliphatic hydroxyl groups excluding tert-OH is 1. The normalized spacial score (nSPS) is 40.0. The highest BCUT2D eigenvalue weighted by molar-refractivity contribution is 5.84. The van der Waals surface area contributed by atoms with E-state index in [4.69, 9.17) is 23.7 Å². The predicted molar refractivity (Wildman–Crippen MR) is 234 cm³/mol. The van der Waals surface area contributed by atoms with E-state index in [1.54, 1.807) is 19.2 Å². The van der Waals surface area contributed by atoms with E-state index < -0.39 is 70.7 Å². The number of Topliss-reactive ketones (excluding diaryl/α,β-unsaturated/α-hetero) is 1. The highest BCUT2D eigenvalue weighted by Crippen LogP contribution is 2.52. The summed E-state index contributed by atoms with van der Waals surface area (Å²) in [6.45, 7) is 26.8. The van der Waals surface area contributed by atoms with Gasteiger partial charge in [-0.05, 0) is 108 Å². The number of ether oxygens (including phenoxy) is 5. The van der Waals surface area contributed by atoms with E-state index in [0.717, 1.165) is 12.0 Å². The summed E-state index contributed by atoms with van der Waals surface area (Å²) in [4.78, 5) is 31.0. The smallest absolute Gasteiger partial charge is 0.309 e. The molecule has 1 aromatic rings. The van der Waals surface area contributed by atoms with E-state index >= 15 is 0 Å². The summed E-state index contributed by atoms with van der Waals surface area (Å²) >= 11 is 0. The molecule has 12 heteroatoms. The van der Waals surface area contributed by atoms with Gasteiger partial charge in [-0.3, -0.25) is 14.6 Å². The minimum atomic E-state index is -1.32. The summed E-state index contributed by atoms with van der Waals surface area (Å²) in [6, 6.07) is 3.61. The lowest BCUT2D eigenvalue weighted by atomic mass is 9.73. The molecule has 4 aliphatic rings. The van der Waals surface area contributed by atoms with E-state index in [1.165, 1.54) is 0 Å². The Balaban J connectivity index is 1.39. The first-order valence-corrected chi connectivity index (χ1v) is 23.6. The number of hydrogen-bond donors (Lipinski definition) is 4. The minimum absolute atomic E-state index is 0.00641. The maximum atomic E-state index is 14.7. The van der Waals surface area contributed by atoms with Crippen LogP contribution in [0.5, 0.6) is 0 Å². The lowest BCUT2D eigenvalue weighted by Crippen LogP contribution is -2.62. The second-order valence-electron chi connectivity index (χ2n) is 19.8. The molecule has 5 heterocycles. The molecule has 0 radical (unpaired) electrons. The zero-order valence-corrected chi connectivity index (χ0v) is 39.1. The molecular weight excluding hydrogens is 777 g/mol. The highest BCUT2D eigenvalue weighted by atomic mass is 16.8. The van der Waals surface area contributed by atoms with Crippen LogP contribution in [0, 0.1) is 41.4 Å². The summed E-state index contributed by atoms with van der Waals surface area (Å²) in [6.07, 6.45) is 8.52. The van der Waals surface area contributed by atoms with Gasteiger partial charge in [-0.15, -0.1) is 0 Å². The van der Waals surface area contributed by atoms with Crippen molar-refractivity contribution in [2.24, 2.45) is 41.4 Å². The van der Waals surface area contributed by atoms with Crippen LogP contribution in [-0.4, -0.2) is 97.5 Å². The lowest BCUT2D eigenvalue weighted by Gasteiger charge is -2.53. The van der Waals surface area contributed by atoms with Crippen molar-refractivity contribution in [1.82, 2.24) is 10.3 Å². The number of aliphatic carboxylic acids is 1. The van der Waals surface area contributed by atoms with Crippen LogP contribution in [-0.2, 0) is 39.8 Å². The summed E-state index contributed by atoms with van der Waals surface area (Å²) in [5.74, 6) is -5.79. The molecule has 4 fully saturated rings. The Morgan fingerprint density at radius 2 is 1.70 bits per heavy atom. The maximum Gasteiger partial charge on any atom is 0.309 e. The lowest BCUT2D eigenvalue weighted by molar-refractivity contribution is -0.395. The minimum Gasteiger partial charge on any atom is -0.481 e. The summed E-state index contributed by atoms with van der Waals surface area (Å²) in [5.41, 5.74) is -0.589. The van der Waals surface area contributed by atoms with E-state index in [2.05, 4.69) is 51.5 Å². The van der Waals surface area contributed by atoms with Crippen molar-refractivity contribution < 1.29 is 48.6 Å². The van der Waals surface area contributed by atoms with Crippen LogP contribution < -0.4 is 5.32 Å². The van der Waals surface area contributed by atoms with Crippen molar-refractivity contribution in [2.45, 2.75) is 212 Å². The fraction of sp³-hybridized carbons (Fsp3) is 0.816. The van der Waals surface area contributed by atoms with Gasteiger partial charge in [0.2, 0.25) is 0 Å². The molecule has 0 aliphatic carbocycles. The van der Waals surface area contributed by atoms with Crippen molar-refractivity contribution in [3.05, 3.63) is 42.7 Å². The van der Waals surface area contributed by atoms with Crippen LogP contribution in [0.15, 0.2) is 37.2 Å². The average molecular weight is 857 g/mol. The molecule has 0 aromatic carbocycles. The molecular formula is C49H80N2O10. The summed E-state index contributed by atoms with van der Waals surface area (Å²) < 4.78 is 34.9. The fourth-order valence-corrected chi connectivity index (χ4v) is 11.2. The Bertz CT molecular complexity index is 1620. The monoisotopic (exact) mass is 857 g/mol. The van der Waals surface area contributed by atoms with Gasteiger partial charge in [-0.25, -0.2) is 0 Å².